The van der Waals surface area contributed by atoms with E-state index in [1.54, 1.807) is 24.3 Å². The summed E-state index contributed by atoms with van der Waals surface area (Å²) in [6.07, 6.45) is 0. The first-order valence-electron chi connectivity index (χ1n) is 8.49. The Morgan fingerprint density at radius 1 is 0.893 bits per heavy atom. The lowest BCUT2D eigenvalue weighted by Crippen LogP contribution is -2.23. The summed E-state index contributed by atoms with van der Waals surface area (Å²) in [6.45, 7) is 0.204. The largest absolute Gasteiger partial charge is 0.457 e. The van der Waals surface area contributed by atoms with Crippen molar-refractivity contribution in [3.63, 3.8) is 0 Å². The lowest BCUT2D eigenvalue weighted by Gasteiger charge is -2.09. The fourth-order valence-electron chi connectivity index (χ4n) is 2.51. The van der Waals surface area contributed by atoms with Crippen molar-refractivity contribution in [3.8, 4) is 0 Å². The van der Waals surface area contributed by atoms with Gasteiger partial charge in [0.2, 0.25) is 10.0 Å². The number of carbonyl (C=O) groups excluding carboxylic acids is 1. The molecular formula is C21H18ClNO4S. The normalized spacial score (nSPS) is 11.2. The van der Waals surface area contributed by atoms with Gasteiger partial charge in [0.05, 0.1) is 10.5 Å². The van der Waals surface area contributed by atoms with Gasteiger partial charge < -0.3 is 4.74 Å². The van der Waals surface area contributed by atoms with E-state index in [1.165, 1.54) is 24.3 Å². The highest BCUT2D eigenvalue weighted by Crippen LogP contribution is 2.15. The van der Waals surface area contributed by atoms with Crippen LogP contribution in [0, 0.1) is 0 Å². The number of esters is 1. The van der Waals surface area contributed by atoms with Crippen molar-refractivity contribution >= 4 is 27.6 Å². The van der Waals surface area contributed by atoms with E-state index >= 15 is 0 Å². The predicted molar refractivity (Wildman–Crippen MR) is 107 cm³/mol. The third-order valence-corrected chi connectivity index (χ3v) is 5.58. The van der Waals surface area contributed by atoms with Crippen molar-refractivity contribution in [1.29, 1.82) is 0 Å². The predicted octanol–water partition coefficient (Wildman–Crippen LogP) is 4.18. The maximum atomic E-state index is 12.5. The van der Waals surface area contributed by atoms with Crippen LogP contribution in [0.3, 0.4) is 0 Å². The molecule has 0 atom stereocenters. The molecule has 3 aromatic carbocycles. The van der Waals surface area contributed by atoms with Gasteiger partial charge >= 0.3 is 5.97 Å². The van der Waals surface area contributed by atoms with Crippen LogP contribution in [0.25, 0.3) is 0 Å². The van der Waals surface area contributed by atoms with Gasteiger partial charge in [0.25, 0.3) is 0 Å². The quantitative estimate of drug-likeness (QED) is 0.587. The van der Waals surface area contributed by atoms with E-state index in [1.807, 2.05) is 30.3 Å². The number of halogens is 1. The van der Waals surface area contributed by atoms with Crippen molar-refractivity contribution in [2.75, 3.05) is 0 Å². The number of benzene rings is 3. The van der Waals surface area contributed by atoms with Gasteiger partial charge in [-0.1, -0.05) is 60.1 Å². The molecule has 1 N–H and O–H groups in total. The first kappa shape index (κ1) is 20.1. The fourth-order valence-corrected chi connectivity index (χ4v) is 3.78. The maximum Gasteiger partial charge on any atom is 0.338 e. The SMILES string of the molecule is O=C(OCc1cccc(Cl)c1)c1cccc(S(=O)(=O)NCc2ccccc2)c1. The molecule has 0 heterocycles. The van der Waals surface area contributed by atoms with Crippen LogP contribution in [-0.4, -0.2) is 14.4 Å². The number of hydrogen-bond acceptors (Lipinski definition) is 4. The number of rotatable bonds is 7. The van der Waals surface area contributed by atoms with E-state index < -0.39 is 16.0 Å². The average Bonchev–Trinajstić information content (AvgIpc) is 2.71. The Morgan fingerprint density at radius 3 is 2.36 bits per heavy atom. The van der Waals surface area contributed by atoms with E-state index in [9.17, 15) is 13.2 Å². The molecule has 0 aromatic heterocycles. The molecule has 3 aromatic rings. The lowest BCUT2D eigenvalue weighted by molar-refractivity contribution is 0.0472. The maximum absolute atomic E-state index is 12.5. The Balaban J connectivity index is 1.67. The molecule has 3 rings (SSSR count). The second-order valence-corrected chi connectivity index (χ2v) is 8.25. The van der Waals surface area contributed by atoms with E-state index in [2.05, 4.69) is 4.72 Å². The lowest BCUT2D eigenvalue weighted by atomic mass is 10.2. The minimum atomic E-state index is -3.76. The Hall–Kier alpha value is -2.67. The van der Waals surface area contributed by atoms with E-state index in [0.29, 0.717) is 5.02 Å². The van der Waals surface area contributed by atoms with E-state index in [0.717, 1.165) is 11.1 Å². The van der Waals surface area contributed by atoms with Gasteiger partial charge in [0.15, 0.2) is 0 Å². The molecule has 144 valence electrons. The number of ether oxygens (including phenoxy) is 1. The molecule has 0 saturated carbocycles. The van der Waals surface area contributed by atoms with Crippen molar-refractivity contribution in [2.24, 2.45) is 0 Å². The second-order valence-electron chi connectivity index (χ2n) is 6.04. The van der Waals surface area contributed by atoms with Crippen LogP contribution in [0.4, 0.5) is 0 Å². The Bertz CT molecular complexity index is 1070. The number of hydrogen-bond donors (Lipinski definition) is 1. The van der Waals surface area contributed by atoms with Crippen LogP contribution >= 0.6 is 11.6 Å². The van der Waals surface area contributed by atoms with Crippen molar-refractivity contribution in [3.05, 3.63) is 101 Å². The summed E-state index contributed by atoms with van der Waals surface area (Å²) in [4.78, 5) is 12.3. The number of carbonyl (C=O) groups is 1. The molecule has 0 amide bonds. The second kappa shape index (κ2) is 9.01. The molecule has 0 bridgehead atoms. The smallest absolute Gasteiger partial charge is 0.338 e. The molecule has 0 fully saturated rings. The summed E-state index contributed by atoms with van der Waals surface area (Å²) in [5.74, 6) is -0.611. The summed E-state index contributed by atoms with van der Waals surface area (Å²) >= 11 is 5.91. The van der Waals surface area contributed by atoms with Crippen molar-refractivity contribution in [2.45, 2.75) is 18.0 Å². The highest BCUT2D eigenvalue weighted by molar-refractivity contribution is 7.89. The van der Waals surface area contributed by atoms with E-state index in [-0.39, 0.29) is 23.6 Å². The topological polar surface area (TPSA) is 72.5 Å². The summed E-state index contributed by atoms with van der Waals surface area (Å²) in [5, 5.41) is 0.547. The Morgan fingerprint density at radius 2 is 1.61 bits per heavy atom. The minimum absolute atomic E-state index is 0.000590. The van der Waals surface area contributed by atoms with Crippen LogP contribution in [0.2, 0.25) is 5.02 Å². The van der Waals surface area contributed by atoms with E-state index in [4.69, 9.17) is 16.3 Å². The van der Waals surface area contributed by atoms with Gasteiger partial charge in [-0.2, -0.15) is 0 Å². The van der Waals surface area contributed by atoms with Gasteiger partial charge in [-0.25, -0.2) is 17.9 Å². The average molecular weight is 416 g/mol. The van der Waals surface area contributed by atoms with Crippen molar-refractivity contribution < 1.29 is 17.9 Å². The molecular weight excluding hydrogens is 398 g/mol. The summed E-state index contributed by atoms with van der Waals surface area (Å²) < 4.78 is 32.8. The molecule has 5 nitrogen and oxygen atoms in total. The van der Waals surface area contributed by atoms with Gasteiger partial charge in [0.1, 0.15) is 6.61 Å². The highest BCUT2D eigenvalue weighted by Gasteiger charge is 2.17. The molecule has 0 aliphatic carbocycles. The zero-order chi connectivity index (χ0) is 20.0. The van der Waals surface area contributed by atoms with Crippen LogP contribution < -0.4 is 4.72 Å². The zero-order valence-corrected chi connectivity index (χ0v) is 16.4. The molecule has 0 saturated heterocycles. The molecule has 7 heteroatoms. The summed E-state index contributed by atoms with van der Waals surface area (Å²) in [5.41, 5.74) is 1.74. The van der Waals surface area contributed by atoms with Gasteiger partial charge in [-0.05, 0) is 41.5 Å². The monoisotopic (exact) mass is 415 g/mol. The van der Waals surface area contributed by atoms with Crippen molar-refractivity contribution in [1.82, 2.24) is 4.72 Å². The minimum Gasteiger partial charge on any atom is -0.457 e. The number of nitrogens with one attached hydrogen (secondary N) is 1. The molecule has 0 aliphatic heterocycles. The Kier molecular flexibility index (Phi) is 6.46. The summed E-state index contributed by atoms with van der Waals surface area (Å²) in [7, 11) is -3.76. The first-order chi connectivity index (χ1) is 13.4. The van der Waals surface area contributed by atoms with Crippen LogP contribution in [-0.2, 0) is 27.9 Å². The fraction of sp³-hybridized carbons (Fsp3) is 0.0952. The van der Waals surface area contributed by atoms with Gasteiger partial charge in [0, 0.05) is 11.6 Å². The number of sulfonamides is 1. The standard InChI is InChI=1S/C21H18ClNO4S/c22-19-10-4-8-17(12-19)15-27-21(24)18-9-5-11-20(13-18)28(25,26)23-14-16-6-2-1-3-7-16/h1-13,23H,14-15H2. The molecule has 0 radical (unpaired) electrons. The van der Waals surface area contributed by atoms with Crippen LogP contribution in [0.5, 0.6) is 0 Å². The third-order valence-electron chi connectivity index (χ3n) is 3.95. The molecule has 28 heavy (non-hydrogen) atoms. The Labute approximate surface area is 169 Å². The molecule has 0 spiro atoms. The van der Waals surface area contributed by atoms with Crippen LogP contribution in [0.1, 0.15) is 21.5 Å². The molecule has 0 aliphatic rings. The zero-order valence-electron chi connectivity index (χ0n) is 14.8. The highest BCUT2D eigenvalue weighted by atomic mass is 35.5. The molecule has 0 unspecified atom stereocenters. The third kappa shape index (κ3) is 5.42. The van der Waals surface area contributed by atoms with Gasteiger partial charge in [-0.15, -0.1) is 0 Å². The summed E-state index contributed by atoms with van der Waals surface area (Å²) in [6, 6.07) is 21.9. The first-order valence-corrected chi connectivity index (χ1v) is 10.4. The van der Waals surface area contributed by atoms with Crippen LogP contribution in [0.15, 0.2) is 83.8 Å². The van der Waals surface area contributed by atoms with Gasteiger partial charge in [-0.3, -0.25) is 0 Å².